The standard InChI is InChI=1S/C23H21N7O2/c1-14(2)20-21(28-22-16(9-24)10-26-30(22)23(20)32)17-11-25-29(12-17)13-19-6-4-5-18(27-19)8-7-15(3)31/h4-8,10-12,14,26H,13H2,1-3H3/b8-7+. The van der Waals surface area contributed by atoms with Crippen molar-refractivity contribution < 1.29 is 4.79 Å². The van der Waals surface area contributed by atoms with Crippen LogP contribution in [0, 0.1) is 11.3 Å². The smallest absolute Gasteiger partial charge is 0.276 e. The van der Waals surface area contributed by atoms with Gasteiger partial charge in [0.15, 0.2) is 11.4 Å². The Kier molecular flexibility index (Phi) is 5.52. The van der Waals surface area contributed by atoms with Gasteiger partial charge in [-0.3, -0.25) is 24.4 Å². The predicted octanol–water partition coefficient (Wildman–Crippen LogP) is 2.93. The van der Waals surface area contributed by atoms with Crippen molar-refractivity contribution in [2.24, 2.45) is 0 Å². The van der Waals surface area contributed by atoms with Crippen LogP contribution in [0.15, 0.2) is 47.7 Å². The van der Waals surface area contributed by atoms with Crippen LogP contribution in [0.25, 0.3) is 23.0 Å². The molecule has 1 N–H and O–H groups in total. The number of aromatic nitrogens is 6. The van der Waals surface area contributed by atoms with E-state index in [1.807, 2.05) is 38.2 Å². The zero-order valence-corrected chi connectivity index (χ0v) is 17.9. The summed E-state index contributed by atoms with van der Waals surface area (Å²) in [6, 6.07) is 7.62. The number of pyridine rings is 1. The topological polar surface area (TPSA) is 122 Å². The molecule has 0 atom stereocenters. The molecule has 9 nitrogen and oxygen atoms in total. The summed E-state index contributed by atoms with van der Waals surface area (Å²) in [7, 11) is 0. The van der Waals surface area contributed by atoms with Crippen LogP contribution in [0.1, 0.15) is 49.2 Å². The molecular formula is C23H21N7O2. The number of nitrogens with zero attached hydrogens (tertiary/aromatic N) is 6. The highest BCUT2D eigenvalue weighted by atomic mass is 16.1. The highest BCUT2D eigenvalue weighted by Crippen LogP contribution is 2.26. The maximum Gasteiger partial charge on any atom is 0.276 e. The number of H-pyrrole nitrogens is 1. The third-order valence-corrected chi connectivity index (χ3v) is 4.94. The van der Waals surface area contributed by atoms with Gasteiger partial charge in [0.1, 0.15) is 11.6 Å². The minimum absolute atomic E-state index is 0.0442. The largest absolute Gasteiger partial charge is 0.295 e. The van der Waals surface area contributed by atoms with Gasteiger partial charge < -0.3 is 0 Å². The fourth-order valence-electron chi connectivity index (χ4n) is 3.47. The quantitative estimate of drug-likeness (QED) is 0.472. The number of carbonyl (C=O) groups excluding carboxylic acids is 1. The molecule has 4 aromatic rings. The minimum Gasteiger partial charge on any atom is -0.295 e. The lowest BCUT2D eigenvalue weighted by Crippen LogP contribution is -2.22. The molecule has 0 aliphatic heterocycles. The SMILES string of the molecule is CC(=O)/C=C/c1cccc(Cn2cc(-c3nc4c(C#N)c[nH]n4c(=O)c3C(C)C)cn2)n1. The van der Waals surface area contributed by atoms with Gasteiger partial charge in [-0.1, -0.05) is 19.9 Å². The minimum atomic E-state index is -0.235. The average molecular weight is 427 g/mol. The van der Waals surface area contributed by atoms with Crippen LogP contribution in [0.4, 0.5) is 0 Å². The molecule has 4 rings (SSSR count). The summed E-state index contributed by atoms with van der Waals surface area (Å²) < 4.78 is 3.01. The first kappa shape index (κ1) is 20.9. The van der Waals surface area contributed by atoms with Crippen molar-refractivity contribution in [1.29, 1.82) is 5.26 Å². The van der Waals surface area contributed by atoms with E-state index in [9.17, 15) is 14.9 Å². The number of nitrogens with one attached hydrogen (secondary N) is 1. The molecule has 160 valence electrons. The summed E-state index contributed by atoms with van der Waals surface area (Å²) in [5, 5.41) is 16.6. The second kappa shape index (κ2) is 8.43. The number of hydrogen-bond donors (Lipinski definition) is 1. The van der Waals surface area contributed by atoms with Gasteiger partial charge in [0.05, 0.1) is 29.8 Å². The number of fused-ring (bicyclic) bond motifs is 1. The van der Waals surface area contributed by atoms with E-state index in [1.165, 1.54) is 23.7 Å². The highest BCUT2D eigenvalue weighted by molar-refractivity contribution is 5.91. The number of aromatic amines is 1. The fraction of sp³-hybridized carbons (Fsp3) is 0.217. The maximum absolute atomic E-state index is 13.1. The second-order valence-electron chi connectivity index (χ2n) is 7.72. The van der Waals surface area contributed by atoms with Crippen molar-refractivity contribution in [2.45, 2.75) is 33.2 Å². The van der Waals surface area contributed by atoms with Crippen molar-refractivity contribution in [1.82, 2.24) is 29.4 Å². The lowest BCUT2D eigenvalue weighted by Gasteiger charge is -2.10. The highest BCUT2D eigenvalue weighted by Gasteiger charge is 2.20. The lowest BCUT2D eigenvalue weighted by atomic mass is 10.00. The third-order valence-electron chi connectivity index (χ3n) is 4.94. The lowest BCUT2D eigenvalue weighted by molar-refractivity contribution is -0.112. The van der Waals surface area contributed by atoms with Crippen LogP contribution in [-0.2, 0) is 11.3 Å². The molecule has 0 aliphatic rings. The third kappa shape index (κ3) is 3.98. The second-order valence-corrected chi connectivity index (χ2v) is 7.72. The van der Waals surface area contributed by atoms with Crippen LogP contribution in [0.5, 0.6) is 0 Å². The van der Waals surface area contributed by atoms with E-state index in [0.29, 0.717) is 34.6 Å². The number of ketones is 1. The Morgan fingerprint density at radius 3 is 2.84 bits per heavy atom. The number of rotatable bonds is 6. The monoisotopic (exact) mass is 427 g/mol. The summed E-state index contributed by atoms with van der Waals surface area (Å²) >= 11 is 0. The van der Waals surface area contributed by atoms with Crippen molar-refractivity contribution >= 4 is 17.5 Å². The van der Waals surface area contributed by atoms with E-state index in [1.54, 1.807) is 17.0 Å². The first-order chi connectivity index (χ1) is 15.4. The summed E-state index contributed by atoms with van der Waals surface area (Å²) in [4.78, 5) is 33.4. The van der Waals surface area contributed by atoms with Gasteiger partial charge in [-0.2, -0.15) is 10.4 Å². The summed E-state index contributed by atoms with van der Waals surface area (Å²) in [5.41, 5.74) is 3.55. The zero-order chi connectivity index (χ0) is 22.8. The van der Waals surface area contributed by atoms with Crippen LogP contribution in [-0.4, -0.2) is 35.1 Å². The molecule has 0 spiro atoms. The van der Waals surface area contributed by atoms with Crippen LogP contribution >= 0.6 is 0 Å². The van der Waals surface area contributed by atoms with Gasteiger partial charge in [0, 0.05) is 23.5 Å². The van der Waals surface area contributed by atoms with Crippen LogP contribution < -0.4 is 5.56 Å². The van der Waals surface area contributed by atoms with Crippen molar-refractivity contribution in [3.05, 3.63) is 75.7 Å². The molecule has 32 heavy (non-hydrogen) atoms. The molecule has 0 fully saturated rings. The fourth-order valence-corrected chi connectivity index (χ4v) is 3.47. The normalized spacial score (nSPS) is 11.5. The van der Waals surface area contributed by atoms with E-state index < -0.39 is 0 Å². The Balaban J connectivity index is 1.72. The Labute approximate surface area is 183 Å². The summed E-state index contributed by atoms with van der Waals surface area (Å²) in [5.74, 6) is -0.122. The molecule has 4 heterocycles. The Morgan fingerprint density at radius 1 is 1.31 bits per heavy atom. The van der Waals surface area contributed by atoms with E-state index in [2.05, 4.69) is 26.2 Å². The molecule has 0 amide bonds. The van der Waals surface area contributed by atoms with Crippen LogP contribution in [0.3, 0.4) is 0 Å². The van der Waals surface area contributed by atoms with Gasteiger partial charge in [0.25, 0.3) is 5.56 Å². The van der Waals surface area contributed by atoms with Gasteiger partial charge in [0.2, 0.25) is 0 Å². The molecule has 9 heteroatoms. The molecule has 0 saturated carbocycles. The predicted molar refractivity (Wildman–Crippen MR) is 119 cm³/mol. The molecule has 4 aromatic heterocycles. The Bertz CT molecular complexity index is 1450. The summed E-state index contributed by atoms with van der Waals surface area (Å²) in [6.07, 6.45) is 8.08. The molecule has 0 aliphatic carbocycles. The molecule has 0 unspecified atom stereocenters. The first-order valence-corrected chi connectivity index (χ1v) is 10.1. The summed E-state index contributed by atoms with van der Waals surface area (Å²) in [6.45, 7) is 5.75. The number of carbonyl (C=O) groups is 1. The van der Waals surface area contributed by atoms with Crippen LogP contribution in [0.2, 0.25) is 0 Å². The van der Waals surface area contributed by atoms with Gasteiger partial charge in [-0.25, -0.2) is 9.50 Å². The average Bonchev–Trinajstić information content (AvgIpc) is 3.39. The number of allylic oxidation sites excluding steroid dienone is 1. The van der Waals surface area contributed by atoms with E-state index in [4.69, 9.17) is 0 Å². The molecular weight excluding hydrogens is 406 g/mol. The van der Waals surface area contributed by atoms with E-state index in [0.717, 1.165) is 5.69 Å². The van der Waals surface area contributed by atoms with Gasteiger partial charge >= 0.3 is 0 Å². The molecule has 0 aromatic carbocycles. The molecule has 0 radical (unpaired) electrons. The van der Waals surface area contributed by atoms with Crippen molar-refractivity contribution in [2.75, 3.05) is 0 Å². The Morgan fingerprint density at radius 2 is 2.12 bits per heavy atom. The van der Waals surface area contributed by atoms with Crippen molar-refractivity contribution in [3.63, 3.8) is 0 Å². The van der Waals surface area contributed by atoms with E-state index in [-0.39, 0.29) is 22.9 Å². The van der Waals surface area contributed by atoms with E-state index >= 15 is 0 Å². The van der Waals surface area contributed by atoms with Crippen molar-refractivity contribution in [3.8, 4) is 17.3 Å². The first-order valence-electron chi connectivity index (χ1n) is 10.1. The maximum atomic E-state index is 13.1. The molecule has 0 bridgehead atoms. The molecule has 0 saturated heterocycles. The number of hydrogen-bond acceptors (Lipinski definition) is 6. The Hall–Kier alpha value is -4.32. The van der Waals surface area contributed by atoms with Gasteiger partial charge in [-0.05, 0) is 37.1 Å². The number of nitriles is 1. The van der Waals surface area contributed by atoms with Gasteiger partial charge in [-0.15, -0.1) is 0 Å². The zero-order valence-electron chi connectivity index (χ0n) is 17.9.